The van der Waals surface area contributed by atoms with Gasteiger partial charge < -0.3 is 18.3 Å². The summed E-state index contributed by atoms with van der Waals surface area (Å²) in [6.07, 6.45) is 13.8. The first-order valence-corrected chi connectivity index (χ1v) is 38.2. The number of hydrogen-bond acceptors (Lipinski definition) is 7. The van der Waals surface area contributed by atoms with Crippen LogP contribution >= 0.6 is 0 Å². The Labute approximate surface area is 652 Å². The van der Waals surface area contributed by atoms with Crippen LogP contribution in [0, 0.1) is 0 Å². The van der Waals surface area contributed by atoms with Crippen LogP contribution in [0.3, 0.4) is 0 Å². The van der Waals surface area contributed by atoms with Crippen molar-refractivity contribution in [3.8, 4) is 68.4 Å². The summed E-state index contributed by atoms with van der Waals surface area (Å²) in [7, 11) is 0. The van der Waals surface area contributed by atoms with Crippen LogP contribution in [-0.4, -0.2) is 62.3 Å². The van der Waals surface area contributed by atoms with Gasteiger partial charge in [-0.05, 0) is 139 Å². The van der Waals surface area contributed by atoms with Gasteiger partial charge in [0.1, 0.15) is 0 Å². The molecule has 0 amide bonds. The molecule has 10 aromatic heterocycles. The molecule has 10 heterocycles. The zero-order chi connectivity index (χ0) is 75.2. The van der Waals surface area contributed by atoms with Crippen LogP contribution in [0.15, 0.2) is 395 Å². The molecule has 14 aromatic carbocycles. The molecule has 0 atom stereocenters. The highest BCUT2D eigenvalue weighted by Crippen LogP contribution is 2.43. The average Bonchev–Trinajstić information content (AvgIpc) is 1.57. The van der Waals surface area contributed by atoms with Gasteiger partial charge in [0, 0.05) is 142 Å². The minimum atomic E-state index is 0.659. The van der Waals surface area contributed by atoms with Crippen molar-refractivity contribution in [2.45, 2.75) is 0 Å². The third-order valence-corrected chi connectivity index (χ3v) is 22.1. The van der Waals surface area contributed by atoms with Gasteiger partial charge in [-0.2, -0.15) is 0 Å². The monoisotopic (exact) mass is 1460 g/mol. The molecule has 0 fully saturated rings. The molecule has 0 radical (unpaired) electrons. The van der Waals surface area contributed by atoms with Crippen molar-refractivity contribution in [3.63, 3.8) is 0 Å². The van der Waals surface area contributed by atoms with Crippen molar-refractivity contribution in [2.75, 3.05) is 0 Å². The first-order valence-electron chi connectivity index (χ1n) is 38.2. The fraction of sp³-hybridized carbons (Fsp3) is 0. The molecule has 0 spiro atoms. The highest BCUT2D eigenvalue weighted by atomic mass is 15.2. The second-order valence-electron chi connectivity index (χ2n) is 28.5. The van der Waals surface area contributed by atoms with Gasteiger partial charge in [0.2, 0.25) is 11.9 Å². The number of pyridine rings is 1. The summed E-state index contributed by atoms with van der Waals surface area (Å²) >= 11 is 0. The molecule has 534 valence electrons. The lowest BCUT2D eigenvalue weighted by Crippen LogP contribution is -2.01. The molecule has 13 heteroatoms. The summed E-state index contributed by atoms with van der Waals surface area (Å²) < 4.78 is 13.5. The smallest absolute Gasteiger partial charge is 0.235 e. The number of benzene rings is 14. The molecule has 0 saturated carbocycles. The Kier molecular flexibility index (Phi) is 15.6. The number of aromatic nitrogens is 13. The molecule has 0 aliphatic carbocycles. The van der Waals surface area contributed by atoms with E-state index >= 15 is 0 Å². The molecule has 114 heavy (non-hydrogen) atoms. The molecule has 0 aliphatic rings. The lowest BCUT2D eigenvalue weighted by Gasteiger charge is -2.14. The molecule has 0 aliphatic heterocycles. The van der Waals surface area contributed by atoms with Crippen LogP contribution in [0.1, 0.15) is 0 Å². The van der Waals surface area contributed by atoms with Crippen molar-refractivity contribution in [2.24, 2.45) is 0 Å². The summed E-state index contributed by atoms with van der Waals surface area (Å²) in [6.45, 7) is 0. The summed E-state index contributed by atoms with van der Waals surface area (Å²) in [5, 5.41) is 13.9. The van der Waals surface area contributed by atoms with Crippen molar-refractivity contribution in [3.05, 3.63) is 395 Å². The second kappa shape index (κ2) is 27.1. The van der Waals surface area contributed by atoms with Gasteiger partial charge >= 0.3 is 0 Å². The third kappa shape index (κ3) is 10.9. The van der Waals surface area contributed by atoms with Gasteiger partial charge in [-0.1, -0.05) is 224 Å². The first-order chi connectivity index (χ1) is 56.6. The first kappa shape index (κ1) is 65.4. The number of para-hydroxylation sites is 8. The Bertz CT molecular complexity index is 7600. The average molecular weight is 1460 g/mol. The second-order valence-corrected chi connectivity index (χ2v) is 28.5. The summed E-state index contributed by atoms with van der Waals surface area (Å²) in [4.78, 5) is 33.9. The molecule has 0 N–H and O–H groups in total. The van der Waals surface area contributed by atoms with E-state index in [4.69, 9.17) is 29.9 Å². The quantitative estimate of drug-likeness (QED) is 0.141. The molecular formula is C101H65N13. The largest absolute Gasteiger partial charge is 0.317 e. The van der Waals surface area contributed by atoms with Gasteiger partial charge in [0.25, 0.3) is 0 Å². The minimum absolute atomic E-state index is 0.659. The standard InChI is InChI=1S/C46H30N4.C28H18N4.C27H17N5/c1-3-14-31(15-4-1)35-20-7-8-21-36(35)45-37-22-9-11-24-40(37)47-46(48-45)32-16-13-19-34(30-32)50-42-25-12-10-23-38(42)44-39-28-29-49(33-17-5-2-6-18-33)41(39)26-27-43(44)50;1-2-9-21(10-3-1)31-17-16-19-14-15-25-26(27(19)31)22-11-5-7-13-24(22)32(25)28-29-18-20-8-4-6-12-23(20)30-28;1-2-6-20(7-3-1)31-15-13-18-10-11-24-25(26(18)31)21-8-4-5-9-23(21)32(24)27-29-17-19-16-28-14-12-22(19)30-27/h1-30H;1-18H;1-17H. The van der Waals surface area contributed by atoms with Crippen molar-refractivity contribution >= 4 is 131 Å². The number of nitrogens with zero attached hydrogens (tertiary/aromatic N) is 13. The van der Waals surface area contributed by atoms with Crippen LogP contribution in [-0.2, 0) is 0 Å². The number of fused-ring (bicyclic) bond motifs is 18. The highest BCUT2D eigenvalue weighted by molar-refractivity contribution is 6.23. The van der Waals surface area contributed by atoms with E-state index in [0.29, 0.717) is 17.7 Å². The van der Waals surface area contributed by atoms with Crippen LogP contribution < -0.4 is 0 Å². The van der Waals surface area contributed by atoms with Crippen LogP contribution in [0.25, 0.3) is 199 Å². The van der Waals surface area contributed by atoms with E-state index in [1.165, 1.54) is 70.5 Å². The van der Waals surface area contributed by atoms with E-state index in [1.54, 1.807) is 12.4 Å². The molecule has 0 unspecified atom stereocenters. The van der Waals surface area contributed by atoms with Crippen molar-refractivity contribution < 1.29 is 0 Å². The maximum Gasteiger partial charge on any atom is 0.235 e. The highest BCUT2D eigenvalue weighted by Gasteiger charge is 2.24. The van der Waals surface area contributed by atoms with Crippen LogP contribution in [0.5, 0.6) is 0 Å². The van der Waals surface area contributed by atoms with E-state index in [1.807, 2.05) is 60.9 Å². The van der Waals surface area contributed by atoms with Crippen LogP contribution in [0.2, 0.25) is 0 Å². The minimum Gasteiger partial charge on any atom is -0.317 e. The molecule has 24 aromatic rings. The van der Waals surface area contributed by atoms with E-state index in [-0.39, 0.29) is 0 Å². The molecule has 0 bridgehead atoms. The number of rotatable bonds is 9. The zero-order valence-electron chi connectivity index (χ0n) is 61.3. The fourth-order valence-electron chi connectivity index (χ4n) is 17.0. The van der Waals surface area contributed by atoms with Gasteiger partial charge in [-0.25, -0.2) is 29.9 Å². The summed E-state index contributed by atoms with van der Waals surface area (Å²) in [6, 6.07) is 123. The summed E-state index contributed by atoms with van der Waals surface area (Å²) in [5.41, 5.74) is 22.8. The third-order valence-electron chi connectivity index (χ3n) is 22.1. The molecular weight excluding hydrogens is 1400 g/mol. The predicted molar refractivity (Wildman–Crippen MR) is 466 cm³/mol. The normalized spacial score (nSPS) is 11.7. The van der Waals surface area contributed by atoms with E-state index in [0.717, 1.165) is 111 Å². The van der Waals surface area contributed by atoms with Gasteiger partial charge in [0.15, 0.2) is 5.82 Å². The van der Waals surface area contributed by atoms with Crippen molar-refractivity contribution in [1.29, 1.82) is 0 Å². The lowest BCUT2D eigenvalue weighted by atomic mass is 9.95. The fourth-order valence-corrected chi connectivity index (χ4v) is 17.0. The SMILES string of the molecule is c1ccc(-c2ccccc2-c2nc(-c3cccc(-n4c5ccccc5c5c6ccn(-c7ccccc7)c6ccc54)c3)nc3ccccc23)cc1.c1ccc(-n2ccc3ccc4c(c5ccccc5n4-c4ncc5ccccc5n4)c32)cc1.c1ccc(-n2ccc3ccc4c(c5ccccc5n4-c4ncc5cnccc5n4)c32)cc1. The molecule has 0 saturated heterocycles. The van der Waals surface area contributed by atoms with Gasteiger partial charge in [-0.3, -0.25) is 14.1 Å². The predicted octanol–water partition coefficient (Wildman–Crippen LogP) is 24.4. The Balaban J connectivity index is 0.000000109. The van der Waals surface area contributed by atoms with Crippen LogP contribution in [0.4, 0.5) is 0 Å². The maximum atomic E-state index is 5.32. The lowest BCUT2D eigenvalue weighted by molar-refractivity contribution is 1.01. The van der Waals surface area contributed by atoms with Gasteiger partial charge in [0.05, 0.1) is 71.9 Å². The summed E-state index contributed by atoms with van der Waals surface area (Å²) in [5.74, 6) is 2.05. The van der Waals surface area contributed by atoms with E-state index in [9.17, 15) is 0 Å². The topological polar surface area (TPSA) is 120 Å². The van der Waals surface area contributed by atoms with E-state index in [2.05, 4.69) is 354 Å². The van der Waals surface area contributed by atoms with Gasteiger partial charge in [-0.15, -0.1) is 0 Å². The maximum absolute atomic E-state index is 5.32. The number of hydrogen-bond donors (Lipinski definition) is 0. The molecule has 24 rings (SSSR count). The Hall–Kier alpha value is -15.7. The van der Waals surface area contributed by atoms with E-state index < -0.39 is 0 Å². The Morgan fingerprint density at radius 2 is 0.684 bits per heavy atom. The Morgan fingerprint density at radius 3 is 1.32 bits per heavy atom. The molecule has 13 nitrogen and oxygen atoms in total. The zero-order valence-corrected chi connectivity index (χ0v) is 61.3. The Morgan fingerprint density at radius 1 is 0.237 bits per heavy atom. The van der Waals surface area contributed by atoms with Crippen molar-refractivity contribution in [1.82, 2.24) is 62.3 Å².